The van der Waals surface area contributed by atoms with Crippen LogP contribution in [0.5, 0.6) is 0 Å². The van der Waals surface area contributed by atoms with Crippen molar-refractivity contribution >= 4 is 76.3 Å². The van der Waals surface area contributed by atoms with E-state index in [0.717, 1.165) is 105 Å². The van der Waals surface area contributed by atoms with E-state index >= 15 is 0 Å². The summed E-state index contributed by atoms with van der Waals surface area (Å²) in [6.07, 6.45) is 5.58. The van der Waals surface area contributed by atoms with Gasteiger partial charge in [-0.2, -0.15) is 6.07 Å². The van der Waals surface area contributed by atoms with E-state index < -0.39 is 0 Å². The number of hydrogen-bond donors (Lipinski definition) is 0. The maximum Gasteiger partial charge on any atom is 2.00 e. The van der Waals surface area contributed by atoms with Crippen LogP contribution >= 0.6 is 0 Å². The van der Waals surface area contributed by atoms with Crippen molar-refractivity contribution in [3.05, 3.63) is 182 Å². The van der Waals surface area contributed by atoms with E-state index in [1.807, 2.05) is 36.8 Å². The van der Waals surface area contributed by atoms with Gasteiger partial charge in [0.15, 0.2) is 0 Å². The molecule has 0 unspecified atom stereocenters. The largest absolute Gasteiger partial charge is 2.00 e. The van der Waals surface area contributed by atoms with Gasteiger partial charge in [0.05, 0.1) is 11.0 Å². The van der Waals surface area contributed by atoms with Gasteiger partial charge in [0.1, 0.15) is 5.82 Å². The second kappa shape index (κ2) is 13.0. The average Bonchev–Trinajstić information content (AvgIpc) is 3.76. The maximum absolute atomic E-state index is 5.12. The minimum absolute atomic E-state index is 0. The minimum atomic E-state index is 0. The Morgan fingerprint density at radius 3 is 2.00 bits per heavy atom. The third kappa shape index (κ3) is 5.29. The second-order valence-corrected chi connectivity index (χ2v) is 14.2. The molecule has 57 heavy (non-hydrogen) atoms. The van der Waals surface area contributed by atoms with E-state index in [9.17, 15) is 0 Å². The van der Waals surface area contributed by atoms with Gasteiger partial charge in [-0.25, -0.2) is 4.98 Å². The fourth-order valence-electron chi connectivity index (χ4n) is 8.30. The zero-order valence-electron chi connectivity index (χ0n) is 30.2. The number of para-hydroxylation sites is 1. The topological polar surface area (TPSA) is 61.4 Å². The van der Waals surface area contributed by atoms with Gasteiger partial charge in [-0.15, -0.1) is 29.1 Å². The third-order valence-corrected chi connectivity index (χ3v) is 11.0. The van der Waals surface area contributed by atoms with E-state index in [0.29, 0.717) is 5.69 Å². The van der Waals surface area contributed by atoms with E-state index in [2.05, 4.69) is 155 Å². The molecule has 0 spiro atoms. The summed E-state index contributed by atoms with van der Waals surface area (Å²) in [5.74, 6) is 0.831. The second-order valence-electron chi connectivity index (χ2n) is 14.2. The summed E-state index contributed by atoms with van der Waals surface area (Å²) in [7, 11) is 0. The molecule has 0 amide bonds. The molecule has 6 nitrogen and oxygen atoms in total. The van der Waals surface area contributed by atoms with Crippen molar-refractivity contribution in [2.75, 3.05) is 0 Å². The van der Waals surface area contributed by atoms with Gasteiger partial charge in [0, 0.05) is 34.6 Å². The first-order valence-electron chi connectivity index (χ1n) is 18.6. The number of nitrogens with zero attached hydrogens (tertiary/aromatic N) is 6. The Morgan fingerprint density at radius 2 is 1.18 bits per heavy atom. The number of aromatic nitrogens is 6. The Balaban J connectivity index is 0.00000374. The van der Waals surface area contributed by atoms with Crippen molar-refractivity contribution in [3.8, 4) is 33.9 Å². The summed E-state index contributed by atoms with van der Waals surface area (Å²) in [5, 5.41) is 7.86. The van der Waals surface area contributed by atoms with Gasteiger partial charge >= 0.3 is 21.1 Å². The van der Waals surface area contributed by atoms with Crippen molar-refractivity contribution < 1.29 is 21.1 Å². The molecule has 0 N–H and O–H groups in total. The smallest absolute Gasteiger partial charge is 0.350 e. The quantitative estimate of drug-likeness (QED) is 0.130. The summed E-state index contributed by atoms with van der Waals surface area (Å²) in [5.41, 5.74) is 11.0. The van der Waals surface area contributed by atoms with Crippen molar-refractivity contribution in [2.24, 2.45) is 0 Å². The first kappa shape index (κ1) is 33.3. The van der Waals surface area contributed by atoms with Crippen molar-refractivity contribution in [3.63, 3.8) is 0 Å². The molecule has 0 fully saturated rings. The SMILES string of the molecule is [Pt+2].[c-]1c(-n2c3[c-]c(-c4cnc5cc6ccccc6cc5n4)cnc3c3cc4ccccc4cc32)ccc2c3ccccc3n(-c3cc(-c4ccccc4)ccn3)c12. The predicted octanol–water partition coefficient (Wildman–Crippen LogP) is 11.9. The third-order valence-electron chi connectivity index (χ3n) is 11.0. The van der Waals surface area contributed by atoms with Crippen LogP contribution in [0.25, 0.3) is 110 Å². The van der Waals surface area contributed by atoms with Crippen LogP contribution in [0.4, 0.5) is 0 Å². The van der Waals surface area contributed by atoms with E-state index in [1.165, 1.54) is 0 Å². The first-order valence-corrected chi connectivity index (χ1v) is 18.6. The molecule has 0 aliphatic carbocycles. The minimum Gasteiger partial charge on any atom is -0.350 e. The first-order chi connectivity index (χ1) is 27.7. The van der Waals surface area contributed by atoms with Crippen LogP contribution in [-0.2, 0) is 21.1 Å². The summed E-state index contributed by atoms with van der Waals surface area (Å²) < 4.78 is 4.47. The molecule has 5 aromatic heterocycles. The molecule has 0 saturated heterocycles. The zero-order chi connectivity index (χ0) is 36.7. The molecule has 5 heterocycles. The number of fused-ring (bicyclic) bond motifs is 9. The van der Waals surface area contributed by atoms with Gasteiger partial charge < -0.3 is 14.1 Å². The Morgan fingerprint density at radius 1 is 0.456 bits per heavy atom. The van der Waals surface area contributed by atoms with Gasteiger partial charge in [-0.3, -0.25) is 9.97 Å². The Labute approximate surface area is 341 Å². The van der Waals surface area contributed by atoms with Crippen LogP contribution in [0.2, 0.25) is 0 Å². The fraction of sp³-hybridized carbons (Fsp3) is 0. The molecule has 12 rings (SSSR count). The molecule has 0 atom stereocenters. The molecular formula is C50H28N6Pt. The normalized spacial score (nSPS) is 11.7. The predicted molar refractivity (Wildman–Crippen MR) is 227 cm³/mol. The zero-order valence-corrected chi connectivity index (χ0v) is 32.4. The van der Waals surface area contributed by atoms with Crippen LogP contribution in [0.1, 0.15) is 0 Å². The molecule has 0 aliphatic rings. The molecule has 0 aliphatic heterocycles. The van der Waals surface area contributed by atoms with Crippen molar-refractivity contribution in [1.29, 1.82) is 0 Å². The summed E-state index contributed by atoms with van der Waals surface area (Å²) in [4.78, 5) is 20.0. The van der Waals surface area contributed by atoms with Crippen molar-refractivity contribution in [2.45, 2.75) is 0 Å². The standard InChI is InChI=1S/C50H28N6.Pt/c1-2-10-31(11-3-1)36-20-21-51-49(27-36)56-45-17-9-8-16-39(45)40-19-18-38(28-47(40)56)55-46-25-35-15-7-4-12-32(35)22-41(46)50-48(55)26-37(29-53-50)44-30-52-42-23-33-13-5-6-14-34(33)24-43(42)54-44;/h1-25,27,29-30H;/q-2;+2. The van der Waals surface area contributed by atoms with Crippen LogP contribution in [-0.4, -0.2) is 29.1 Å². The van der Waals surface area contributed by atoms with Crippen molar-refractivity contribution in [1.82, 2.24) is 29.1 Å². The molecule has 7 aromatic carbocycles. The van der Waals surface area contributed by atoms with Crippen LogP contribution in [0.3, 0.4) is 0 Å². The summed E-state index contributed by atoms with van der Waals surface area (Å²) >= 11 is 0. The molecule has 0 saturated carbocycles. The van der Waals surface area contributed by atoms with E-state index in [4.69, 9.17) is 19.9 Å². The number of pyridine rings is 2. The molecular weight excluding hydrogens is 880 g/mol. The van der Waals surface area contributed by atoms with Crippen LogP contribution < -0.4 is 0 Å². The Bertz CT molecular complexity index is 3550. The fourth-order valence-corrected chi connectivity index (χ4v) is 8.30. The Kier molecular flexibility index (Phi) is 7.63. The number of hydrogen-bond acceptors (Lipinski definition) is 4. The summed E-state index contributed by atoms with van der Waals surface area (Å²) in [6, 6.07) is 60.6. The van der Waals surface area contributed by atoms with Crippen LogP contribution in [0, 0.1) is 12.1 Å². The van der Waals surface area contributed by atoms with E-state index in [1.54, 1.807) is 0 Å². The van der Waals surface area contributed by atoms with Gasteiger partial charge in [0.2, 0.25) is 0 Å². The molecule has 0 bridgehead atoms. The average molecular weight is 908 g/mol. The number of benzene rings is 7. The van der Waals surface area contributed by atoms with Crippen LogP contribution in [0.15, 0.2) is 170 Å². The van der Waals surface area contributed by atoms with Gasteiger partial charge in [-0.05, 0) is 85.4 Å². The monoisotopic (exact) mass is 907 g/mol. The molecule has 0 radical (unpaired) electrons. The Hall–Kier alpha value is -7.01. The van der Waals surface area contributed by atoms with Gasteiger partial charge in [-0.1, -0.05) is 121 Å². The summed E-state index contributed by atoms with van der Waals surface area (Å²) in [6.45, 7) is 0. The molecule has 7 heteroatoms. The van der Waals surface area contributed by atoms with Gasteiger partial charge in [0.25, 0.3) is 0 Å². The molecule has 12 aromatic rings. The molecule has 268 valence electrons. The van der Waals surface area contributed by atoms with E-state index in [-0.39, 0.29) is 21.1 Å². The number of rotatable bonds is 4. The maximum atomic E-state index is 5.12.